The van der Waals surface area contributed by atoms with E-state index in [0.29, 0.717) is 0 Å². The number of benzene rings is 1. The van der Waals surface area contributed by atoms with Crippen LogP contribution in [0.2, 0.25) is 0 Å². The molecule has 0 aliphatic heterocycles. The van der Waals surface area contributed by atoms with Gasteiger partial charge in [0, 0.05) is 25.4 Å². The van der Waals surface area contributed by atoms with E-state index >= 15 is 0 Å². The highest BCUT2D eigenvalue weighted by molar-refractivity contribution is 5.96. The molecular formula is C13H13F2N3O2. The monoisotopic (exact) mass is 281 g/mol. The molecule has 0 aliphatic carbocycles. The van der Waals surface area contributed by atoms with Gasteiger partial charge in [-0.25, -0.2) is 8.78 Å². The maximum atomic E-state index is 13.4. The molecule has 0 radical (unpaired) electrons. The molecule has 1 heterocycles. The van der Waals surface area contributed by atoms with Crippen LogP contribution in [-0.2, 0) is 13.6 Å². The van der Waals surface area contributed by atoms with Crippen molar-refractivity contribution in [2.45, 2.75) is 6.54 Å². The van der Waals surface area contributed by atoms with Crippen LogP contribution >= 0.6 is 0 Å². The molecule has 1 amide bonds. The van der Waals surface area contributed by atoms with E-state index in [9.17, 15) is 13.6 Å². The predicted octanol–water partition coefficient (Wildman–Crippen LogP) is 1.64. The largest absolute Gasteiger partial charge is 0.479 e. The smallest absolute Gasteiger partial charge is 0.258 e. The molecule has 0 aliphatic rings. The van der Waals surface area contributed by atoms with Gasteiger partial charge in [0.05, 0.1) is 7.11 Å². The lowest BCUT2D eigenvalue weighted by molar-refractivity contribution is 0.0947. The van der Waals surface area contributed by atoms with Crippen LogP contribution in [0, 0.1) is 11.6 Å². The van der Waals surface area contributed by atoms with Crippen LogP contribution in [0.3, 0.4) is 0 Å². The highest BCUT2D eigenvalue weighted by Gasteiger charge is 2.17. The Bertz CT molecular complexity index is 620. The highest BCUT2D eigenvalue weighted by Crippen LogP contribution is 2.16. The second kappa shape index (κ2) is 5.68. The van der Waals surface area contributed by atoms with Crippen molar-refractivity contribution in [2.75, 3.05) is 7.11 Å². The Morgan fingerprint density at radius 2 is 2.05 bits per heavy atom. The number of aromatic nitrogens is 2. The van der Waals surface area contributed by atoms with Gasteiger partial charge < -0.3 is 10.1 Å². The van der Waals surface area contributed by atoms with Gasteiger partial charge in [-0.3, -0.25) is 9.48 Å². The number of nitrogens with one attached hydrogen (secondary N) is 1. The second-order valence-electron chi connectivity index (χ2n) is 4.11. The summed E-state index contributed by atoms with van der Waals surface area (Å²) in [6.07, 6.45) is 1.46. The molecule has 0 fully saturated rings. The van der Waals surface area contributed by atoms with Gasteiger partial charge in [-0.1, -0.05) is 6.07 Å². The van der Waals surface area contributed by atoms with Crippen molar-refractivity contribution < 1.29 is 18.3 Å². The number of nitrogens with zero attached hydrogens (tertiary/aromatic N) is 2. The van der Waals surface area contributed by atoms with Crippen LogP contribution in [0.4, 0.5) is 8.78 Å². The van der Waals surface area contributed by atoms with Crippen molar-refractivity contribution in [3.63, 3.8) is 0 Å². The number of halogens is 2. The molecule has 0 atom stereocenters. The summed E-state index contributed by atoms with van der Waals surface area (Å²) in [6, 6.07) is 3.53. The Hall–Kier alpha value is -2.44. The molecule has 106 valence electrons. The molecule has 1 N–H and O–H groups in total. The molecule has 1 aromatic heterocycles. The summed E-state index contributed by atoms with van der Waals surface area (Å²) in [4.78, 5) is 11.9. The molecule has 2 aromatic rings. The number of rotatable bonds is 4. The minimum atomic E-state index is -0.705. The standard InChI is InChI=1S/C13H13F2N3O2/c1-18-7-9(13(17-18)20-2)12(19)16-6-8-10(14)4-3-5-11(8)15/h3-5,7H,6H2,1-2H3,(H,16,19). The average molecular weight is 281 g/mol. The fourth-order valence-corrected chi connectivity index (χ4v) is 1.74. The molecule has 20 heavy (non-hydrogen) atoms. The second-order valence-corrected chi connectivity index (χ2v) is 4.11. The van der Waals surface area contributed by atoms with Crippen molar-refractivity contribution in [1.82, 2.24) is 15.1 Å². The maximum Gasteiger partial charge on any atom is 0.258 e. The maximum absolute atomic E-state index is 13.4. The first kappa shape index (κ1) is 14.0. The lowest BCUT2D eigenvalue weighted by atomic mass is 10.2. The van der Waals surface area contributed by atoms with E-state index in [1.807, 2.05) is 0 Å². The van der Waals surface area contributed by atoms with E-state index < -0.39 is 17.5 Å². The van der Waals surface area contributed by atoms with Crippen LogP contribution in [-0.4, -0.2) is 22.8 Å². The zero-order chi connectivity index (χ0) is 14.7. The molecule has 0 saturated heterocycles. The van der Waals surface area contributed by atoms with E-state index in [1.54, 1.807) is 7.05 Å². The highest BCUT2D eigenvalue weighted by atomic mass is 19.1. The van der Waals surface area contributed by atoms with Gasteiger partial charge in [0.15, 0.2) is 0 Å². The summed E-state index contributed by atoms with van der Waals surface area (Å²) in [7, 11) is 3.02. The first-order valence-electron chi connectivity index (χ1n) is 5.81. The van der Waals surface area contributed by atoms with E-state index in [1.165, 1.54) is 24.1 Å². The lowest BCUT2D eigenvalue weighted by Crippen LogP contribution is -2.24. The fraction of sp³-hybridized carbons (Fsp3) is 0.231. The van der Waals surface area contributed by atoms with Crippen LogP contribution < -0.4 is 10.1 Å². The van der Waals surface area contributed by atoms with Crippen LogP contribution in [0.15, 0.2) is 24.4 Å². The summed E-state index contributed by atoms with van der Waals surface area (Å²) in [5, 5.41) is 6.36. The molecular weight excluding hydrogens is 268 g/mol. The average Bonchev–Trinajstić information content (AvgIpc) is 2.79. The van der Waals surface area contributed by atoms with Gasteiger partial charge in [0.1, 0.15) is 17.2 Å². The normalized spacial score (nSPS) is 10.4. The number of ether oxygens (including phenoxy) is 1. The van der Waals surface area contributed by atoms with E-state index in [0.717, 1.165) is 12.1 Å². The Morgan fingerprint density at radius 1 is 1.40 bits per heavy atom. The molecule has 0 unspecified atom stereocenters. The van der Waals surface area contributed by atoms with Gasteiger partial charge in [-0.05, 0) is 12.1 Å². The van der Waals surface area contributed by atoms with Crippen LogP contribution in [0.1, 0.15) is 15.9 Å². The SMILES string of the molecule is COc1nn(C)cc1C(=O)NCc1c(F)cccc1F. The van der Waals surface area contributed by atoms with Gasteiger partial charge >= 0.3 is 0 Å². The number of carbonyl (C=O) groups excluding carboxylic acids is 1. The molecule has 2 rings (SSSR count). The van der Waals surface area contributed by atoms with Gasteiger partial charge in [0.25, 0.3) is 5.91 Å². The molecule has 5 nitrogen and oxygen atoms in total. The Morgan fingerprint density at radius 3 is 2.65 bits per heavy atom. The topological polar surface area (TPSA) is 56.2 Å². The molecule has 0 spiro atoms. The summed E-state index contributed by atoms with van der Waals surface area (Å²) in [5.74, 6) is -1.77. The van der Waals surface area contributed by atoms with Crippen molar-refractivity contribution in [3.05, 3.63) is 47.2 Å². The zero-order valence-corrected chi connectivity index (χ0v) is 11.0. The quantitative estimate of drug-likeness (QED) is 0.927. The number of hydrogen-bond acceptors (Lipinski definition) is 3. The van der Waals surface area contributed by atoms with Crippen molar-refractivity contribution in [3.8, 4) is 5.88 Å². The molecule has 7 heteroatoms. The molecule has 0 bridgehead atoms. The predicted molar refractivity (Wildman–Crippen MR) is 67.3 cm³/mol. The minimum Gasteiger partial charge on any atom is -0.479 e. The fourth-order valence-electron chi connectivity index (χ4n) is 1.74. The van der Waals surface area contributed by atoms with E-state index in [-0.39, 0.29) is 23.6 Å². The van der Waals surface area contributed by atoms with Crippen molar-refractivity contribution in [2.24, 2.45) is 7.05 Å². The van der Waals surface area contributed by atoms with Crippen molar-refractivity contribution in [1.29, 1.82) is 0 Å². The third-order valence-electron chi connectivity index (χ3n) is 2.72. The van der Waals surface area contributed by atoms with Gasteiger partial charge in [-0.15, -0.1) is 5.10 Å². The van der Waals surface area contributed by atoms with E-state index in [4.69, 9.17) is 4.74 Å². The summed E-state index contributed by atoms with van der Waals surface area (Å²) >= 11 is 0. The summed E-state index contributed by atoms with van der Waals surface area (Å²) < 4.78 is 33.2. The summed E-state index contributed by atoms with van der Waals surface area (Å²) in [6.45, 7) is -0.255. The number of methoxy groups -OCH3 is 1. The summed E-state index contributed by atoms with van der Waals surface area (Å²) in [5.41, 5.74) is 0.00968. The van der Waals surface area contributed by atoms with Crippen molar-refractivity contribution >= 4 is 5.91 Å². The van der Waals surface area contributed by atoms with E-state index in [2.05, 4.69) is 10.4 Å². The Kier molecular flexibility index (Phi) is 3.97. The number of aryl methyl sites for hydroxylation is 1. The number of amides is 1. The Balaban J connectivity index is 2.13. The minimum absolute atomic E-state index is 0.152. The molecule has 0 saturated carbocycles. The lowest BCUT2D eigenvalue weighted by Gasteiger charge is -2.07. The first-order valence-corrected chi connectivity index (χ1v) is 5.81. The van der Waals surface area contributed by atoms with Crippen LogP contribution in [0.5, 0.6) is 5.88 Å². The number of hydrogen-bond donors (Lipinski definition) is 1. The molecule has 1 aromatic carbocycles. The third kappa shape index (κ3) is 2.76. The first-order chi connectivity index (χ1) is 9.52. The van der Waals surface area contributed by atoms with Gasteiger partial charge in [0.2, 0.25) is 5.88 Å². The van der Waals surface area contributed by atoms with Gasteiger partial charge in [-0.2, -0.15) is 0 Å². The Labute approximate surface area is 114 Å². The zero-order valence-electron chi connectivity index (χ0n) is 11.0. The van der Waals surface area contributed by atoms with Crippen LogP contribution in [0.25, 0.3) is 0 Å². The third-order valence-corrected chi connectivity index (χ3v) is 2.72. The number of carbonyl (C=O) groups is 1.